The van der Waals surface area contributed by atoms with Gasteiger partial charge in [0.15, 0.2) is 11.5 Å². The molecule has 0 fully saturated rings. The number of anilines is 4. The maximum Gasteiger partial charge on any atom is 0.416 e. The van der Waals surface area contributed by atoms with Gasteiger partial charge in [-0.25, -0.2) is 4.98 Å². The van der Waals surface area contributed by atoms with Crippen LogP contribution >= 0.6 is 0 Å². The molecule has 1 aliphatic heterocycles. The number of rotatable bonds is 4. The second kappa shape index (κ2) is 7.26. The van der Waals surface area contributed by atoms with E-state index in [-0.39, 0.29) is 0 Å². The Balaban J connectivity index is 1.47. The van der Waals surface area contributed by atoms with E-state index in [4.69, 9.17) is 9.47 Å². The van der Waals surface area contributed by atoms with E-state index in [1.807, 2.05) is 6.07 Å². The average molecular weight is 388 g/mol. The zero-order chi connectivity index (χ0) is 19.6. The number of hydrogen-bond acceptors (Lipinski definition) is 6. The highest BCUT2D eigenvalue weighted by Crippen LogP contribution is 2.33. The first-order valence-corrected chi connectivity index (χ1v) is 8.41. The molecule has 144 valence electrons. The number of nitrogens with one attached hydrogen (secondary N) is 2. The quantitative estimate of drug-likeness (QED) is 0.672. The van der Waals surface area contributed by atoms with E-state index in [1.165, 1.54) is 12.1 Å². The summed E-state index contributed by atoms with van der Waals surface area (Å²) in [5.74, 6) is 2.08. The van der Waals surface area contributed by atoms with E-state index in [0.29, 0.717) is 42.2 Å². The molecular weight excluding hydrogens is 373 g/mol. The molecule has 2 heterocycles. The number of fused-ring (bicyclic) bond motifs is 1. The average Bonchev–Trinajstić information content (AvgIpc) is 2.68. The standard InChI is InChI=1S/C19H15F3N4O2/c20-19(21,22)12-1-3-13(4-2-12)24-17-7-8-23-18(26-17)25-14-5-6-15-16(11-14)28-10-9-27-15/h1-8,11H,9-10H2,(H2,23,24,25,26). The van der Waals surface area contributed by atoms with Crippen LogP contribution in [0.5, 0.6) is 11.5 Å². The van der Waals surface area contributed by atoms with Gasteiger partial charge in [0.05, 0.1) is 5.56 Å². The Morgan fingerprint density at radius 2 is 1.54 bits per heavy atom. The van der Waals surface area contributed by atoms with Gasteiger partial charge in [0.1, 0.15) is 19.0 Å². The number of alkyl halides is 3. The lowest BCUT2D eigenvalue weighted by atomic mass is 10.2. The summed E-state index contributed by atoms with van der Waals surface area (Å²) in [6.45, 7) is 1.00. The van der Waals surface area contributed by atoms with E-state index >= 15 is 0 Å². The lowest BCUT2D eigenvalue weighted by Gasteiger charge is -2.19. The van der Waals surface area contributed by atoms with Gasteiger partial charge in [-0.3, -0.25) is 0 Å². The van der Waals surface area contributed by atoms with Crippen LogP contribution in [-0.4, -0.2) is 23.2 Å². The first-order chi connectivity index (χ1) is 13.5. The third-order valence-corrected chi connectivity index (χ3v) is 3.94. The van der Waals surface area contributed by atoms with Gasteiger partial charge in [-0.2, -0.15) is 18.2 Å². The van der Waals surface area contributed by atoms with Crippen molar-refractivity contribution in [1.82, 2.24) is 9.97 Å². The highest BCUT2D eigenvalue weighted by Gasteiger charge is 2.29. The van der Waals surface area contributed by atoms with E-state index in [9.17, 15) is 13.2 Å². The van der Waals surface area contributed by atoms with Crippen molar-refractivity contribution >= 4 is 23.1 Å². The van der Waals surface area contributed by atoms with Crippen molar-refractivity contribution in [3.05, 3.63) is 60.3 Å². The first-order valence-electron chi connectivity index (χ1n) is 8.41. The van der Waals surface area contributed by atoms with Gasteiger partial charge in [-0.15, -0.1) is 0 Å². The SMILES string of the molecule is FC(F)(F)c1ccc(Nc2ccnc(Nc3ccc4c(c3)OCCO4)n2)cc1. The van der Waals surface area contributed by atoms with Crippen molar-refractivity contribution < 1.29 is 22.6 Å². The van der Waals surface area contributed by atoms with E-state index in [1.54, 1.807) is 24.4 Å². The van der Waals surface area contributed by atoms with Gasteiger partial charge < -0.3 is 20.1 Å². The van der Waals surface area contributed by atoms with Crippen molar-refractivity contribution in [3.8, 4) is 11.5 Å². The Morgan fingerprint density at radius 3 is 2.29 bits per heavy atom. The van der Waals surface area contributed by atoms with Gasteiger partial charge in [-0.1, -0.05) is 0 Å². The van der Waals surface area contributed by atoms with Crippen molar-refractivity contribution in [2.24, 2.45) is 0 Å². The molecule has 0 atom stereocenters. The fourth-order valence-corrected chi connectivity index (χ4v) is 2.63. The molecule has 0 radical (unpaired) electrons. The monoisotopic (exact) mass is 388 g/mol. The lowest BCUT2D eigenvalue weighted by molar-refractivity contribution is -0.137. The summed E-state index contributed by atoms with van der Waals surface area (Å²) in [6, 6.07) is 11.7. The Hall–Kier alpha value is -3.49. The summed E-state index contributed by atoms with van der Waals surface area (Å²) in [5, 5.41) is 6.02. The molecule has 0 spiro atoms. The minimum Gasteiger partial charge on any atom is -0.486 e. The zero-order valence-electron chi connectivity index (χ0n) is 14.5. The number of nitrogens with zero attached hydrogens (tertiary/aromatic N) is 2. The van der Waals surface area contributed by atoms with E-state index in [0.717, 1.165) is 17.8 Å². The van der Waals surface area contributed by atoms with Crippen molar-refractivity contribution in [2.45, 2.75) is 6.18 Å². The second-order valence-corrected chi connectivity index (χ2v) is 5.95. The predicted molar refractivity (Wildman–Crippen MR) is 97.5 cm³/mol. The molecule has 6 nitrogen and oxygen atoms in total. The van der Waals surface area contributed by atoms with Gasteiger partial charge in [0.25, 0.3) is 0 Å². The second-order valence-electron chi connectivity index (χ2n) is 5.95. The largest absolute Gasteiger partial charge is 0.486 e. The highest BCUT2D eigenvalue weighted by molar-refractivity contribution is 5.62. The number of benzene rings is 2. The number of halogens is 3. The molecule has 2 N–H and O–H groups in total. The molecule has 9 heteroatoms. The van der Waals surface area contributed by atoms with Crippen LogP contribution in [0.15, 0.2) is 54.7 Å². The molecule has 3 aromatic rings. The molecule has 0 saturated heterocycles. The summed E-state index contributed by atoms with van der Waals surface area (Å²) < 4.78 is 49.0. The van der Waals surface area contributed by atoms with Crippen molar-refractivity contribution in [1.29, 1.82) is 0 Å². The van der Waals surface area contributed by atoms with Crippen LogP contribution in [0.4, 0.5) is 36.3 Å². The molecule has 4 rings (SSSR count). The molecular formula is C19H15F3N4O2. The minimum absolute atomic E-state index is 0.327. The van der Waals surface area contributed by atoms with Crippen molar-refractivity contribution in [2.75, 3.05) is 23.8 Å². The molecule has 0 amide bonds. The van der Waals surface area contributed by atoms with Crippen LogP contribution in [0.25, 0.3) is 0 Å². The van der Waals surface area contributed by atoms with Crippen LogP contribution in [0.3, 0.4) is 0 Å². The highest BCUT2D eigenvalue weighted by atomic mass is 19.4. The Labute approximate surface area is 158 Å². The molecule has 1 aromatic heterocycles. The zero-order valence-corrected chi connectivity index (χ0v) is 14.5. The lowest BCUT2D eigenvalue weighted by Crippen LogP contribution is -2.15. The van der Waals surface area contributed by atoms with Crippen LogP contribution in [0, 0.1) is 0 Å². The van der Waals surface area contributed by atoms with Crippen LogP contribution in [0.2, 0.25) is 0 Å². The minimum atomic E-state index is -4.37. The molecule has 0 aliphatic carbocycles. The van der Waals surface area contributed by atoms with Crippen LogP contribution in [-0.2, 0) is 6.18 Å². The van der Waals surface area contributed by atoms with Gasteiger partial charge in [0.2, 0.25) is 5.95 Å². The number of ether oxygens (including phenoxy) is 2. The number of hydrogen-bond donors (Lipinski definition) is 2. The third kappa shape index (κ3) is 4.08. The normalized spacial score (nSPS) is 13.1. The smallest absolute Gasteiger partial charge is 0.416 e. The first kappa shape index (κ1) is 17.9. The Bertz CT molecular complexity index is 978. The predicted octanol–water partition coefficient (Wildman–Crippen LogP) is 4.75. The molecule has 2 aromatic carbocycles. The molecule has 0 saturated carbocycles. The topological polar surface area (TPSA) is 68.3 Å². The summed E-state index contributed by atoms with van der Waals surface area (Å²) in [7, 11) is 0. The summed E-state index contributed by atoms with van der Waals surface area (Å²) in [6.07, 6.45) is -2.83. The van der Waals surface area contributed by atoms with Crippen molar-refractivity contribution in [3.63, 3.8) is 0 Å². The number of aromatic nitrogens is 2. The van der Waals surface area contributed by atoms with Gasteiger partial charge in [0, 0.05) is 23.6 Å². The maximum absolute atomic E-state index is 12.6. The van der Waals surface area contributed by atoms with Crippen LogP contribution in [0.1, 0.15) is 5.56 Å². The molecule has 0 unspecified atom stereocenters. The Morgan fingerprint density at radius 1 is 0.821 bits per heavy atom. The maximum atomic E-state index is 12.6. The summed E-state index contributed by atoms with van der Waals surface area (Å²) in [4.78, 5) is 8.47. The summed E-state index contributed by atoms with van der Waals surface area (Å²) >= 11 is 0. The molecule has 28 heavy (non-hydrogen) atoms. The summed E-state index contributed by atoms with van der Waals surface area (Å²) in [5.41, 5.74) is 0.495. The van der Waals surface area contributed by atoms with Crippen LogP contribution < -0.4 is 20.1 Å². The van der Waals surface area contributed by atoms with Gasteiger partial charge in [-0.05, 0) is 42.5 Å². The Kier molecular flexibility index (Phi) is 4.64. The fraction of sp³-hybridized carbons (Fsp3) is 0.158. The fourth-order valence-electron chi connectivity index (χ4n) is 2.63. The molecule has 0 bridgehead atoms. The molecule has 1 aliphatic rings. The third-order valence-electron chi connectivity index (χ3n) is 3.94. The van der Waals surface area contributed by atoms with Gasteiger partial charge >= 0.3 is 6.18 Å². The van der Waals surface area contributed by atoms with E-state index in [2.05, 4.69) is 20.6 Å². The van der Waals surface area contributed by atoms with E-state index < -0.39 is 11.7 Å².